The highest BCUT2D eigenvalue weighted by atomic mass is 16.5. The van der Waals surface area contributed by atoms with Gasteiger partial charge >= 0.3 is 0 Å². The summed E-state index contributed by atoms with van der Waals surface area (Å²) in [7, 11) is 0. The van der Waals surface area contributed by atoms with Crippen LogP contribution >= 0.6 is 0 Å². The van der Waals surface area contributed by atoms with Gasteiger partial charge in [-0.2, -0.15) is 0 Å². The number of carbonyl (C=O) groups is 2. The number of carbonyl (C=O) groups excluding carboxylic acids is 2. The molecule has 6 nitrogen and oxygen atoms in total. The second kappa shape index (κ2) is 9.00. The van der Waals surface area contributed by atoms with E-state index in [4.69, 9.17) is 9.47 Å². The molecule has 0 aromatic heterocycles. The first-order valence-corrected chi connectivity index (χ1v) is 11.0. The van der Waals surface area contributed by atoms with Crippen LogP contribution in [0.25, 0.3) is 0 Å². The molecule has 31 heavy (non-hydrogen) atoms. The molecular weight excluding hydrogens is 392 g/mol. The molecule has 1 unspecified atom stereocenters. The van der Waals surface area contributed by atoms with E-state index in [2.05, 4.69) is 11.4 Å². The van der Waals surface area contributed by atoms with Gasteiger partial charge in [-0.3, -0.25) is 9.59 Å². The van der Waals surface area contributed by atoms with Crippen molar-refractivity contribution in [1.82, 2.24) is 10.2 Å². The van der Waals surface area contributed by atoms with Crippen LogP contribution in [0.5, 0.6) is 11.5 Å². The Balaban J connectivity index is 1.55. The molecule has 2 aromatic rings. The van der Waals surface area contributed by atoms with Gasteiger partial charge in [-0.05, 0) is 54.7 Å². The second-order valence-corrected chi connectivity index (χ2v) is 8.57. The van der Waals surface area contributed by atoms with Crippen LogP contribution in [-0.2, 0) is 11.2 Å². The minimum Gasteiger partial charge on any atom is -0.490 e. The van der Waals surface area contributed by atoms with E-state index in [1.165, 1.54) is 5.56 Å². The topological polar surface area (TPSA) is 67.9 Å². The summed E-state index contributed by atoms with van der Waals surface area (Å²) in [4.78, 5) is 28.1. The van der Waals surface area contributed by atoms with E-state index in [-0.39, 0.29) is 23.8 Å². The lowest BCUT2D eigenvalue weighted by molar-refractivity contribution is -0.137. The van der Waals surface area contributed by atoms with Crippen LogP contribution in [-0.4, -0.2) is 42.5 Å². The summed E-state index contributed by atoms with van der Waals surface area (Å²) in [6, 6.07) is 12.4. The second-order valence-electron chi connectivity index (χ2n) is 8.57. The minimum absolute atomic E-state index is 0.0301. The van der Waals surface area contributed by atoms with Crippen molar-refractivity contribution in [2.45, 2.75) is 45.7 Å². The van der Waals surface area contributed by atoms with Crippen molar-refractivity contribution in [1.29, 1.82) is 0 Å². The number of amides is 2. The van der Waals surface area contributed by atoms with Crippen LogP contribution in [0.3, 0.4) is 0 Å². The maximum atomic E-state index is 13.5. The molecule has 1 N–H and O–H groups in total. The fraction of sp³-hybridized carbons (Fsp3) is 0.440. The number of fused-ring (bicyclic) bond motifs is 2. The lowest BCUT2D eigenvalue weighted by Crippen LogP contribution is -2.53. The summed E-state index contributed by atoms with van der Waals surface area (Å²) >= 11 is 0. The molecule has 6 heteroatoms. The third-order valence-electron chi connectivity index (χ3n) is 6.09. The van der Waals surface area contributed by atoms with Crippen LogP contribution < -0.4 is 14.8 Å². The first-order valence-electron chi connectivity index (χ1n) is 11.0. The molecule has 2 amide bonds. The average molecular weight is 423 g/mol. The van der Waals surface area contributed by atoms with Crippen molar-refractivity contribution in [2.24, 2.45) is 5.92 Å². The fourth-order valence-electron chi connectivity index (χ4n) is 4.28. The zero-order valence-corrected chi connectivity index (χ0v) is 18.4. The third kappa shape index (κ3) is 4.38. The number of ether oxygens (including phenoxy) is 2. The lowest BCUT2D eigenvalue weighted by Gasteiger charge is -2.38. The van der Waals surface area contributed by atoms with Crippen molar-refractivity contribution in [3.8, 4) is 11.5 Å². The molecule has 0 fully saturated rings. The Morgan fingerprint density at radius 3 is 2.42 bits per heavy atom. The number of nitrogens with zero attached hydrogens (tertiary/aromatic N) is 1. The standard InChI is InChI=1S/C25H30N2O4/c1-16(2)23(26-24(28)18-8-5-4-6-9-18)25(29)27-11-10-19-14-21-22(15-20(19)17(27)3)31-13-7-12-30-21/h4-6,8-9,14-17,23H,7,10-13H2,1-3H3,(H,26,28)/t17?,23-/m0/s1. The van der Waals surface area contributed by atoms with Crippen molar-refractivity contribution in [3.05, 3.63) is 59.2 Å². The van der Waals surface area contributed by atoms with Crippen molar-refractivity contribution < 1.29 is 19.1 Å². The molecule has 0 saturated heterocycles. The zero-order valence-electron chi connectivity index (χ0n) is 18.4. The molecule has 0 saturated carbocycles. The fourth-order valence-corrected chi connectivity index (χ4v) is 4.28. The Morgan fingerprint density at radius 1 is 1.06 bits per heavy atom. The largest absolute Gasteiger partial charge is 0.490 e. The molecule has 2 aliphatic rings. The molecule has 2 aromatic carbocycles. The van der Waals surface area contributed by atoms with E-state index >= 15 is 0 Å². The van der Waals surface area contributed by atoms with Gasteiger partial charge in [0.05, 0.1) is 19.3 Å². The molecule has 0 bridgehead atoms. The summed E-state index contributed by atoms with van der Waals surface area (Å²) in [5.41, 5.74) is 2.83. The molecule has 0 radical (unpaired) electrons. The van der Waals surface area contributed by atoms with E-state index in [0.29, 0.717) is 25.3 Å². The van der Waals surface area contributed by atoms with Gasteiger partial charge in [0.25, 0.3) is 5.91 Å². The molecule has 4 rings (SSSR count). The quantitative estimate of drug-likeness (QED) is 0.815. The first kappa shape index (κ1) is 21.2. The van der Waals surface area contributed by atoms with Crippen LogP contribution in [0.15, 0.2) is 42.5 Å². The Bertz CT molecular complexity index is 957. The van der Waals surface area contributed by atoms with E-state index in [0.717, 1.165) is 29.9 Å². The molecular formula is C25H30N2O4. The summed E-state index contributed by atoms with van der Waals surface area (Å²) in [6.07, 6.45) is 1.61. The average Bonchev–Trinajstić information content (AvgIpc) is 3.01. The van der Waals surface area contributed by atoms with Gasteiger partial charge in [0.2, 0.25) is 5.91 Å². The maximum absolute atomic E-state index is 13.5. The van der Waals surface area contributed by atoms with Crippen molar-refractivity contribution in [2.75, 3.05) is 19.8 Å². The van der Waals surface area contributed by atoms with Crippen molar-refractivity contribution in [3.63, 3.8) is 0 Å². The smallest absolute Gasteiger partial charge is 0.251 e. The number of hydrogen-bond acceptors (Lipinski definition) is 4. The highest BCUT2D eigenvalue weighted by molar-refractivity contribution is 5.97. The lowest BCUT2D eigenvalue weighted by atomic mass is 9.91. The normalized spacial score (nSPS) is 18.7. The maximum Gasteiger partial charge on any atom is 0.251 e. The molecule has 0 spiro atoms. The first-order chi connectivity index (χ1) is 15.0. The predicted molar refractivity (Wildman–Crippen MR) is 118 cm³/mol. The summed E-state index contributed by atoms with van der Waals surface area (Å²) < 4.78 is 11.7. The summed E-state index contributed by atoms with van der Waals surface area (Å²) in [6.45, 7) is 7.85. The number of benzene rings is 2. The SMILES string of the molecule is CC(C)[C@H](NC(=O)c1ccccc1)C(=O)N1CCc2cc3c(cc2C1C)OCCCO3. The van der Waals surface area contributed by atoms with Gasteiger partial charge in [-0.15, -0.1) is 0 Å². The molecule has 0 aliphatic carbocycles. The number of hydrogen-bond donors (Lipinski definition) is 1. The summed E-state index contributed by atoms with van der Waals surface area (Å²) in [5, 5.41) is 2.96. The highest BCUT2D eigenvalue weighted by Crippen LogP contribution is 2.39. The molecule has 164 valence electrons. The molecule has 2 heterocycles. The minimum atomic E-state index is -0.586. The van der Waals surface area contributed by atoms with E-state index in [9.17, 15) is 9.59 Å². The third-order valence-corrected chi connectivity index (χ3v) is 6.09. The predicted octanol–water partition coefficient (Wildman–Crippen LogP) is 3.75. The van der Waals surface area contributed by atoms with Gasteiger partial charge in [-0.25, -0.2) is 0 Å². The van der Waals surface area contributed by atoms with E-state index < -0.39 is 6.04 Å². The van der Waals surface area contributed by atoms with Crippen LogP contribution in [0.1, 0.15) is 54.7 Å². The Morgan fingerprint density at radius 2 is 1.74 bits per heavy atom. The van der Waals surface area contributed by atoms with Gasteiger partial charge in [0.15, 0.2) is 11.5 Å². The van der Waals surface area contributed by atoms with Crippen LogP contribution in [0.4, 0.5) is 0 Å². The number of nitrogens with one attached hydrogen (secondary N) is 1. The van der Waals surface area contributed by atoms with Crippen LogP contribution in [0.2, 0.25) is 0 Å². The van der Waals surface area contributed by atoms with E-state index in [1.54, 1.807) is 12.1 Å². The monoisotopic (exact) mass is 422 g/mol. The number of rotatable bonds is 4. The Kier molecular flexibility index (Phi) is 6.16. The Labute approximate surface area is 183 Å². The van der Waals surface area contributed by atoms with Gasteiger partial charge < -0.3 is 19.7 Å². The molecule has 2 aliphatic heterocycles. The van der Waals surface area contributed by atoms with Gasteiger partial charge in [-0.1, -0.05) is 32.0 Å². The van der Waals surface area contributed by atoms with E-state index in [1.807, 2.05) is 49.9 Å². The summed E-state index contributed by atoms with van der Waals surface area (Å²) in [5.74, 6) is 1.23. The zero-order chi connectivity index (χ0) is 22.0. The van der Waals surface area contributed by atoms with Crippen LogP contribution in [0, 0.1) is 5.92 Å². The van der Waals surface area contributed by atoms with Gasteiger partial charge in [0.1, 0.15) is 6.04 Å². The van der Waals surface area contributed by atoms with Gasteiger partial charge in [0, 0.05) is 18.5 Å². The molecule has 2 atom stereocenters. The van der Waals surface area contributed by atoms with Crippen molar-refractivity contribution >= 4 is 11.8 Å². The Hall–Kier alpha value is -3.02. The highest BCUT2D eigenvalue weighted by Gasteiger charge is 2.35.